The van der Waals surface area contributed by atoms with Crippen molar-refractivity contribution in [1.29, 1.82) is 0 Å². The van der Waals surface area contributed by atoms with Gasteiger partial charge in [-0.25, -0.2) is 0 Å². The second kappa shape index (κ2) is 4.78. The first kappa shape index (κ1) is 11.5. The Kier molecular flexibility index (Phi) is 3.93. The van der Waals surface area contributed by atoms with Gasteiger partial charge in [0.1, 0.15) is 5.54 Å². The number of esters is 1. The fourth-order valence-electron chi connectivity index (χ4n) is 2.34. The molecular weight excluding hydrogens is 178 g/mol. The Labute approximate surface area is 86.4 Å². The third-order valence-electron chi connectivity index (χ3n) is 3.35. The molecular formula is C11H21NO2. The maximum Gasteiger partial charge on any atom is 0.326 e. The molecule has 0 atom stereocenters. The Balaban J connectivity index is 2.83. The van der Waals surface area contributed by atoms with Crippen LogP contribution in [0.5, 0.6) is 0 Å². The van der Waals surface area contributed by atoms with Crippen molar-refractivity contribution in [3.05, 3.63) is 0 Å². The molecule has 0 amide bonds. The molecule has 0 unspecified atom stereocenters. The zero-order valence-electron chi connectivity index (χ0n) is 9.51. The summed E-state index contributed by atoms with van der Waals surface area (Å²) in [6, 6.07) is 0. The van der Waals surface area contributed by atoms with E-state index in [9.17, 15) is 4.79 Å². The molecule has 1 aliphatic rings. The van der Waals surface area contributed by atoms with Crippen molar-refractivity contribution >= 4 is 5.97 Å². The molecule has 1 fully saturated rings. The molecule has 0 aromatic rings. The summed E-state index contributed by atoms with van der Waals surface area (Å²) in [5.74, 6) is -0.0654. The van der Waals surface area contributed by atoms with Gasteiger partial charge in [-0.15, -0.1) is 0 Å². The van der Waals surface area contributed by atoms with Crippen LogP contribution in [0.4, 0.5) is 0 Å². The molecule has 0 radical (unpaired) electrons. The van der Waals surface area contributed by atoms with E-state index in [4.69, 9.17) is 4.74 Å². The number of hydrogen-bond donors (Lipinski definition) is 0. The molecule has 1 rings (SSSR count). The molecule has 0 saturated heterocycles. The summed E-state index contributed by atoms with van der Waals surface area (Å²) in [6.07, 6.45) is 6.62. The topological polar surface area (TPSA) is 29.5 Å². The minimum absolute atomic E-state index is 0.0654. The van der Waals surface area contributed by atoms with E-state index < -0.39 is 0 Å². The van der Waals surface area contributed by atoms with E-state index in [2.05, 4.69) is 0 Å². The van der Waals surface area contributed by atoms with E-state index >= 15 is 0 Å². The molecule has 0 aromatic carbocycles. The average Bonchev–Trinajstić information content (AvgIpc) is 2.42. The fourth-order valence-corrected chi connectivity index (χ4v) is 2.34. The SMILES string of the molecule is COC(=O)C1(N(C)C)CCCCCC1. The monoisotopic (exact) mass is 199 g/mol. The van der Waals surface area contributed by atoms with Crippen molar-refractivity contribution in [1.82, 2.24) is 4.90 Å². The minimum Gasteiger partial charge on any atom is -0.468 e. The summed E-state index contributed by atoms with van der Waals surface area (Å²) in [5.41, 5.74) is -0.356. The van der Waals surface area contributed by atoms with Crippen LogP contribution >= 0.6 is 0 Å². The molecule has 82 valence electrons. The predicted molar refractivity (Wildman–Crippen MR) is 56.1 cm³/mol. The molecule has 1 saturated carbocycles. The smallest absolute Gasteiger partial charge is 0.326 e. The highest BCUT2D eigenvalue weighted by Crippen LogP contribution is 2.31. The molecule has 0 aromatic heterocycles. The molecule has 0 spiro atoms. The highest BCUT2D eigenvalue weighted by atomic mass is 16.5. The average molecular weight is 199 g/mol. The van der Waals surface area contributed by atoms with E-state index in [1.54, 1.807) is 0 Å². The highest BCUT2D eigenvalue weighted by Gasteiger charge is 2.41. The Bertz CT molecular complexity index is 193. The van der Waals surface area contributed by atoms with Crippen LogP contribution in [-0.4, -0.2) is 37.6 Å². The third kappa shape index (κ3) is 2.08. The molecule has 0 N–H and O–H groups in total. The van der Waals surface area contributed by atoms with Crippen LogP contribution in [-0.2, 0) is 9.53 Å². The van der Waals surface area contributed by atoms with Gasteiger partial charge in [0.25, 0.3) is 0 Å². The van der Waals surface area contributed by atoms with Crippen molar-refractivity contribution in [2.45, 2.75) is 44.1 Å². The summed E-state index contributed by atoms with van der Waals surface area (Å²) < 4.78 is 4.93. The predicted octanol–water partition coefficient (Wildman–Crippen LogP) is 1.81. The van der Waals surface area contributed by atoms with Crippen LogP contribution in [0.3, 0.4) is 0 Å². The van der Waals surface area contributed by atoms with E-state index in [0.717, 1.165) is 25.7 Å². The molecule has 3 nitrogen and oxygen atoms in total. The van der Waals surface area contributed by atoms with Gasteiger partial charge in [-0.2, -0.15) is 0 Å². The molecule has 14 heavy (non-hydrogen) atoms. The molecule has 0 aliphatic heterocycles. The zero-order valence-corrected chi connectivity index (χ0v) is 9.51. The fraction of sp³-hybridized carbons (Fsp3) is 0.909. The molecule has 1 aliphatic carbocycles. The lowest BCUT2D eigenvalue weighted by molar-refractivity contribution is -0.154. The number of nitrogens with zero attached hydrogens (tertiary/aromatic N) is 1. The third-order valence-corrected chi connectivity index (χ3v) is 3.35. The minimum atomic E-state index is -0.356. The van der Waals surface area contributed by atoms with Gasteiger partial charge in [-0.3, -0.25) is 9.69 Å². The molecule has 0 heterocycles. The van der Waals surface area contributed by atoms with Crippen LogP contribution < -0.4 is 0 Å². The normalized spacial score (nSPS) is 21.7. The summed E-state index contributed by atoms with van der Waals surface area (Å²) in [6.45, 7) is 0. The van der Waals surface area contributed by atoms with Crippen molar-refractivity contribution in [3.8, 4) is 0 Å². The van der Waals surface area contributed by atoms with Gasteiger partial charge in [0.15, 0.2) is 0 Å². The second-order valence-electron chi connectivity index (χ2n) is 4.33. The van der Waals surface area contributed by atoms with Gasteiger partial charge < -0.3 is 4.74 Å². The first-order valence-corrected chi connectivity index (χ1v) is 5.39. The summed E-state index contributed by atoms with van der Waals surface area (Å²) >= 11 is 0. The van der Waals surface area contributed by atoms with Gasteiger partial charge in [-0.1, -0.05) is 25.7 Å². The van der Waals surface area contributed by atoms with Crippen LogP contribution in [0.1, 0.15) is 38.5 Å². The Hall–Kier alpha value is -0.570. The van der Waals surface area contributed by atoms with Crippen LogP contribution in [0.2, 0.25) is 0 Å². The number of methoxy groups -OCH3 is 1. The maximum absolute atomic E-state index is 11.8. The van der Waals surface area contributed by atoms with Crippen molar-refractivity contribution in [3.63, 3.8) is 0 Å². The molecule has 0 bridgehead atoms. The van der Waals surface area contributed by atoms with Gasteiger partial charge in [0.2, 0.25) is 0 Å². The van der Waals surface area contributed by atoms with Crippen LogP contribution in [0.25, 0.3) is 0 Å². The number of rotatable bonds is 2. The number of ether oxygens (including phenoxy) is 1. The van der Waals surface area contributed by atoms with E-state index in [1.807, 2.05) is 19.0 Å². The highest BCUT2D eigenvalue weighted by molar-refractivity contribution is 5.80. The number of likely N-dealkylation sites (N-methyl/N-ethyl adjacent to an activating group) is 1. The quantitative estimate of drug-likeness (QED) is 0.502. The van der Waals surface area contributed by atoms with Gasteiger partial charge in [0.05, 0.1) is 7.11 Å². The molecule has 3 heteroatoms. The maximum atomic E-state index is 11.8. The van der Waals surface area contributed by atoms with E-state index in [1.165, 1.54) is 20.0 Å². The van der Waals surface area contributed by atoms with E-state index in [0.29, 0.717) is 0 Å². The first-order valence-electron chi connectivity index (χ1n) is 5.39. The van der Waals surface area contributed by atoms with Crippen molar-refractivity contribution in [2.24, 2.45) is 0 Å². The Morgan fingerprint density at radius 3 is 2.00 bits per heavy atom. The van der Waals surface area contributed by atoms with Crippen LogP contribution in [0, 0.1) is 0 Å². The summed E-state index contributed by atoms with van der Waals surface area (Å²) in [4.78, 5) is 13.9. The van der Waals surface area contributed by atoms with E-state index in [-0.39, 0.29) is 11.5 Å². The Morgan fingerprint density at radius 1 is 1.14 bits per heavy atom. The first-order chi connectivity index (χ1) is 6.63. The lowest BCUT2D eigenvalue weighted by Gasteiger charge is -2.36. The largest absolute Gasteiger partial charge is 0.468 e. The van der Waals surface area contributed by atoms with Crippen molar-refractivity contribution < 1.29 is 9.53 Å². The number of carbonyl (C=O) groups excluding carboxylic acids is 1. The van der Waals surface area contributed by atoms with Gasteiger partial charge >= 0.3 is 5.97 Å². The second-order valence-corrected chi connectivity index (χ2v) is 4.33. The zero-order chi connectivity index (χ0) is 10.6. The Morgan fingerprint density at radius 2 is 1.64 bits per heavy atom. The number of hydrogen-bond acceptors (Lipinski definition) is 3. The standard InChI is InChI=1S/C11H21NO2/c1-12(2)11(10(13)14-3)8-6-4-5-7-9-11/h4-9H2,1-3H3. The lowest BCUT2D eigenvalue weighted by Crippen LogP contribution is -2.51. The number of carbonyl (C=O) groups is 1. The van der Waals surface area contributed by atoms with Crippen molar-refractivity contribution in [2.75, 3.05) is 21.2 Å². The lowest BCUT2D eigenvalue weighted by atomic mass is 9.89. The summed E-state index contributed by atoms with van der Waals surface area (Å²) in [7, 11) is 5.43. The van der Waals surface area contributed by atoms with Gasteiger partial charge in [-0.05, 0) is 26.9 Å². The van der Waals surface area contributed by atoms with Crippen LogP contribution in [0.15, 0.2) is 0 Å². The van der Waals surface area contributed by atoms with Gasteiger partial charge in [0, 0.05) is 0 Å². The summed E-state index contributed by atoms with van der Waals surface area (Å²) in [5, 5.41) is 0.